The molecule has 7 nitrogen and oxygen atoms in total. The zero-order chi connectivity index (χ0) is 20.5. The van der Waals surface area contributed by atoms with Gasteiger partial charge in [0.25, 0.3) is 5.91 Å². The summed E-state index contributed by atoms with van der Waals surface area (Å²) in [5, 5.41) is 11.6. The molecule has 1 amide bonds. The molecule has 1 N–H and O–H groups in total. The largest absolute Gasteiger partial charge is 0.346 e. The number of benzene rings is 1. The van der Waals surface area contributed by atoms with E-state index >= 15 is 0 Å². The summed E-state index contributed by atoms with van der Waals surface area (Å²) in [7, 11) is 0. The molecular weight excluding hydrogens is 364 g/mol. The zero-order valence-electron chi connectivity index (χ0n) is 17.1. The van der Waals surface area contributed by atoms with Crippen LogP contribution in [0.15, 0.2) is 49.1 Å². The van der Waals surface area contributed by atoms with E-state index in [1.807, 2.05) is 24.3 Å². The molecule has 2 heterocycles. The molecule has 4 rings (SSSR count). The maximum absolute atomic E-state index is 12.9. The average molecular weight is 390 g/mol. The zero-order valence-corrected chi connectivity index (χ0v) is 17.1. The minimum Gasteiger partial charge on any atom is -0.346 e. The molecule has 0 bridgehead atoms. The standard InChI is InChI=1S/C22H26N6O/c1-21(2)10-4-5-11-22(21,3)25-20(29)16-6-8-17(9-7-16)28-15-19(26-27-28)18-14-23-12-13-24-18/h6-9,12-15H,4-5,10-11H2,1-3H3,(H,25,29). The van der Waals surface area contributed by atoms with Crippen LogP contribution in [0.25, 0.3) is 17.1 Å². The van der Waals surface area contributed by atoms with Crippen LogP contribution >= 0.6 is 0 Å². The maximum atomic E-state index is 12.9. The first-order valence-corrected chi connectivity index (χ1v) is 10.00. The van der Waals surface area contributed by atoms with E-state index < -0.39 is 0 Å². The molecule has 1 aromatic carbocycles. The molecule has 1 fully saturated rings. The van der Waals surface area contributed by atoms with E-state index in [1.165, 1.54) is 6.42 Å². The number of carbonyl (C=O) groups is 1. The van der Waals surface area contributed by atoms with Crippen LogP contribution in [0.4, 0.5) is 0 Å². The molecular formula is C22H26N6O. The van der Waals surface area contributed by atoms with Crippen LogP contribution in [0, 0.1) is 5.41 Å². The van der Waals surface area contributed by atoms with Gasteiger partial charge in [-0.2, -0.15) is 0 Å². The Bertz CT molecular complexity index is 996. The van der Waals surface area contributed by atoms with Crippen molar-refractivity contribution in [1.82, 2.24) is 30.3 Å². The van der Waals surface area contributed by atoms with Crippen molar-refractivity contribution in [2.75, 3.05) is 0 Å². The summed E-state index contributed by atoms with van der Waals surface area (Å²) in [4.78, 5) is 21.2. The van der Waals surface area contributed by atoms with Crippen molar-refractivity contribution < 1.29 is 4.79 Å². The second-order valence-electron chi connectivity index (χ2n) is 8.56. The number of hydrogen-bond acceptors (Lipinski definition) is 5. The van der Waals surface area contributed by atoms with Gasteiger partial charge in [0.2, 0.25) is 0 Å². The Balaban J connectivity index is 1.49. The smallest absolute Gasteiger partial charge is 0.251 e. The van der Waals surface area contributed by atoms with Crippen LogP contribution in [-0.4, -0.2) is 36.4 Å². The Morgan fingerprint density at radius 2 is 1.79 bits per heavy atom. The van der Waals surface area contributed by atoms with Crippen molar-refractivity contribution in [3.63, 3.8) is 0 Å². The van der Waals surface area contributed by atoms with Gasteiger partial charge in [0.15, 0.2) is 0 Å². The third-order valence-electron chi connectivity index (χ3n) is 6.32. The van der Waals surface area contributed by atoms with E-state index in [1.54, 1.807) is 29.5 Å². The first kappa shape index (κ1) is 19.2. The van der Waals surface area contributed by atoms with Crippen LogP contribution in [-0.2, 0) is 0 Å². The molecule has 1 unspecified atom stereocenters. The highest BCUT2D eigenvalue weighted by Crippen LogP contribution is 2.43. The molecule has 0 spiro atoms. The molecule has 1 aliphatic rings. The SMILES string of the molecule is CC1(C)CCCCC1(C)NC(=O)c1ccc(-n2cc(-c3cnccn3)nn2)cc1. The highest BCUT2D eigenvalue weighted by molar-refractivity contribution is 5.95. The topological polar surface area (TPSA) is 85.6 Å². The molecule has 1 saturated carbocycles. The first-order valence-electron chi connectivity index (χ1n) is 10.00. The molecule has 150 valence electrons. The summed E-state index contributed by atoms with van der Waals surface area (Å²) in [6.07, 6.45) is 11.2. The van der Waals surface area contributed by atoms with Crippen LogP contribution in [0.5, 0.6) is 0 Å². The van der Waals surface area contributed by atoms with E-state index in [0.29, 0.717) is 17.0 Å². The Morgan fingerprint density at radius 3 is 2.48 bits per heavy atom. The number of carbonyl (C=O) groups excluding carboxylic acids is 1. The third kappa shape index (κ3) is 3.77. The molecule has 0 saturated heterocycles. The summed E-state index contributed by atoms with van der Waals surface area (Å²) >= 11 is 0. The fourth-order valence-electron chi connectivity index (χ4n) is 3.92. The molecule has 2 aromatic heterocycles. The third-order valence-corrected chi connectivity index (χ3v) is 6.32. The summed E-state index contributed by atoms with van der Waals surface area (Å²) in [6.45, 7) is 6.66. The van der Waals surface area contributed by atoms with Crippen molar-refractivity contribution in [1.29, 1.82) is 0 Å². The van der Waals surface area contributed by atoms with Gasteiger partial charge in [-0.05, 0) is 49.4 Å². The molecule has 1 atom stereocenters. The number of amides is 1. The summed E-state index contributed by atoms with van der Waals surface area (Å²) in [5.74, 6) is -0.0344. The van der Waals surface area contributed by atoms with E-state index in [-0.39, 0.29) is 16.9 Å². The van der Waals surface area contributed by atoms with Gasteiger partial charge in [-0.25, -0.2) is 4.68 Å². The summed E-state index contributed by atoms with van der Waals surface area (Å²) < 4.78 is 1.66. The van der Waals surface area contributed by atoms with Crippen LogP contribution < -0.4 is 5.32 Å². The van der Waals surface area contributed by atoms with Gasteiger partial charge in [0.1, 0.15) is 11.4 Å². The van der Waals surface area contributed by atoms with Crippen molar-refractivity contribution >= 4 is 5.91 Å². The lowest BCUT2D eigenvalue weighted by molar-refractivity contribution is 0.0591. The van der Waals surface area contributed by atoms with Gasteiger partial charge in [-0.1, -0.05) is 31.9 Å². The Labute approximate surface area is 170 Å². The van der Waals surface area contributed by atoms with Gasteiger partial charge < -0.3 is 5.32 Å². The van der Waals surface area contributed by atoms with Gasteiger partial charge in [0.05, 0.1) is 18.1 Å². The van der Waals surface area contributed by atoms with E-state index in [2.05, 4.69) is 46.4 Å². The van der Waals surface area contributed by atoms with Crippen LogP contribution in [0.3, 0.4) is 0 Å². The quantitative estimate of drug-likeness (QED) is 0.732. The summed E-state index contributed by atoms with van der Waals surface area (Å²) in [6, 6.07) is 7.40. The van der Waals surface area contributed by atoms with Gasteiger partial charge in [-0.15, -0.1) is 5.10 Å². The number of nitrogens with one attached hydrogen (secondary N) is 1. The second kappa shape index (κ2) is 7.39. The number of nitrogens with zero attached hydrogens (tertiary/aromatic N) is 5. The normalized spacial score (nSPS) is 20.9. The highest BCUT2D eigenvalue weighted by atomic mass is 16.1. The Hall–Kier alpha value is -3.09. The van der Waals surface area contributed by atoms with E-state index in [4.69, 9.17) is 0 Å². The predicted octanol–water partition coefficient (Wildman–Crippen LogP) is 3.81. The number of aromatic nitrogens is 5. The lowest BCUT2D eigenvalue weighted by Gasteiger charge is -2.48. The van der Waals surface area contributed by atoms with Crippen molar-refractivity contribution in [2.24, 2.45) is 5.41 Å². The molecule has 1 aliphatic carbocycles. The van der Waals surface area contributed by atoms with Crippen molar-refractivity contribution in [2.45, 2.75) is 52.0 Å². The van der Waals surface area contributed by atoms with Crippen LogP contribution in [0.1, 0.15) is 56.8 Å². The molecule has 29 heavy (non-hydrogen) atoms. The number of rotatable bonds is 4. The molecule has 7 heteroatoms. The van der Waals surface area contributed by atoms with E-state index in [9.17, 15) is 4.79 Å². The molecule has 3 aromatic rings. The second-order valence-corrected chi connectivity index (χ2v) is 8.56. The minimum atomic E-state index is -0.196. The maximum Gasteiger partial charge on any atom is 0.251 e. The van der Waals surface area contributed by atoms with Crippen molar-refractivity contribution in [3.05, 3.63) is 54.6 Å². The van der Waals surface area contributed by atoms with Crippen LogP contribution in [0.2, 0.25) is 0 Å². The van der Waals surface area contributed by atoms with E-state index in [0.717, 1.165) is 24.9 Å². The first-order chi connectivity index (χ1) is 13.9. The monoisotopic (exact) mass is 390 g/mol. The van der Waals surface area contributed by atoms with Gasteiger partial charge in [0, 0.05) is 23.5 Å². The van der Waals surface area contributed by atoms with Gasteiger partial charge in [-0.3, -0.25) is 14.8 Å². The number of hydrogen-bond donors (Lipinski definition) is 1. The van der Waals surface area contributed by atoms with Crippen molar-refractivity contribution in [3.8, 4) is 17.1 Å². The highest BCUT2D eigenvalue weighted by Gasteiger charge is 2.43. The molecule has 0 aliphatic heterocycles. The van der Waals surface area contributed by atoms with Gasteiger partial charge >= 0.3 is 0 Å². The lowest BCUT2D eigenvalue weighted by atomic mass is 9.64. The minimum absolute atomic E-state index is 0.0344. The Morgan fingerprint density at radius 1 is 1.03 bits per heavy atom. The molecule has 0 radical (unpaired) electrons. The predicted molar refractivity (Wildman–Crippen MR) is 111 cm³/mol. The summed E-state index contributed by atoms with van der Waals surface area (Å²) in [5.41, 5.74) is 2.67. The average Bonchev–Trinajstić information content (AvgIpc) is 3.21. The lowest BCUT2D eigenvalue weighted by Crippen LogP contribution is -2.57. The Kier molecular flexibility index (Phi) is 4.90. The fourth-order valence-corrected chi connectivity index (χ4v) is 3.92. The fraction of sp³-hybridized carbons (Fsp3) is 0.409.